The number of Topliss-reactive ketones (excluding diaryl/α,β-unsaturated/α-hetero) is 1. The fraction of sp³-hybridized carbons (Fsp3) is 0.423. The number of aliphatic hydroxyl groups excluding tert-OH is 1. The van der Waals surface area contributed by atoms with Crippen molar-refractivity contribution in [2.24, 2.45) is 0 Å². The molecule has 1 unspecified atom stereocenters. The Balaban J connectivity index is 1.99. The Kier molecular flexibility index (Phi) is 8.22. The number of carbonyl (C=O) groups excluding carboxylic acids is 2. The van der Waals surface area contributed by atoms with Crippen molar-refractivity contribution in [3.8, 4) is 5.75 Å². The molecule has 1 amide bonds. The summed E-state index contributed by atoms with van der Waals surface area (Å²) in [5.41, 5.74) is 2.11. The van der Waals surface area contributed by atoms with Gasteiger partial charge < -0.3 is 19.5 Å². The number of carbonyl (C=O) groups is 2. The molecule has 33 heavy (non-hydrogen) atoms. The monoisotopic (exact) mass is 452 g/mol. The molecule has 1 saturated heterocycles. The van der Waals surface area contributed by atoms with E-state index in [1.54, 1.807) is 42.7 Å². The van der Waals surface area contributed by atoms with E-state index in [9.17, 15) is 14.7 Å². The topological polar surface area (TPSA) is 89.0 Å². The van der Waals surface area contributed by atoms with E-state index in [-0.39, 0.29) is 17.4 Å². The van der Waals surface area contributed by atoms with Gasteiger partial charge in [0.15, 0.2) is 0 Å². The molecule has 7 heteroatoms. The van der Waals surface area contributed by atoms with E-state index in [0.29, 0.717) is 31.7 Å². The largest absolute Gasteiger partial charge is 0.507 e. The lowest BCUT2D eigenvalue weighted by Gasteiger charge is -2.25. The van der Waals surface area contributed by atoms with Crippen molar-refractivity contribution in [3.05, 3.63) is 65.0 Å². The van der Waals surface area contributed by atoms with Crippen molar-refractivity contribution in [2.75, 3.05) is 19.8 Å². The van der Waals surface area contributed by atoms with Crippen LogP contribution in [0.15, 0.2) is 48.3 Å². The second-order valence-corrected chi connectivity index (χ2v) is 8.37. The quantitative estimate of drug-likeness (QED) is 0.249. The van der Waals surface area contributed by atoms with Crippen LogP contribution in [0.1, 0.15) is 56.3 Å². The molecule has 1 atom stereocenters. The zero-order valence-electron chi connectivity index (χ0n) is 19.7. The molecule has 2 aromatic rings. The molecule has 2 heterocycles. The van der Waals surface area contributed by atoms with Crippen LogP contribution < -0.4 is 4.74 Å². The first kappa shape index (κ1) is 24.5. The molecule has 0 spiro atoms. The maximum absolute atomic E-state index is 13.1. The summed E-state index contributed by atoms with van der Waals surface area (Å²) in [6, 6.07) is 8.08. The van der Waals surface area contributed by atoms with Crippen LogP contribution >= 0.6 is 0 Å². The summed E-state index contributed by atoms with van der Waals surface area (Å²) in [6.45, 7) is 9.22. The minimum absolute atomic E-state index is 0.0811. The molecule has 0 saturated carbocycles. The van der Waals surface area contributed by atoms with Crippen molar-refractivity contribution in [2.45, 2.75) is 52.7 Å². The maximum atomic E-state index is 13.1. The highest BCUT2D eigenvalue weighted by Crippen LogP contribution is 2.39. The van der Waals surface area contributed by atoms with Crippen LogP contribution in [0.2, 0.25) is 0 Å². The van der Waals surface area contributed by atoms with Crippen LogP contribution in [0, 0.1) is 6.92 Å². The average molecular weight is 453 g/mol. The Morgan fingerprint density at radius 1 is 1.15 bits per heavy atom. The third-order valence-electron chi connectivity index (χ3n) is 5.47. The number of ether oxygens (including phenoxy) is 2. The molecule has 7 nitrogen and oxygen atoms in total. The lowest BCUT2D eigenvalue weighted by atomic mass is 9.95. The van der Waals surface area contributed by atoms with Crippen LogP contribution in [0.3, 0.4) is 0 Å². The van der Waals surface area contributed by atoms with Gasteiger partial charge >= 0.3 is 0 Å². The highest BCUT2D eigenvalue weighted by atomic mass is 16.5. The first-order valence-corrected chi connectivity index (χ1v) is 11.4. The molecule has 0 radical (unpaired) electrons. The van der Waals surface area contributed by atoms with E-state index >= 15 is 0 Å². The number of pyridine rings is 1. The van der Waals surface area contributed by atoms with Gasteiger partial charge in [0.25, 0.3) is 11.7 Å². The molecule has 0 aliphatic carbocycles. The molecule has 0 bridgehead atoms. The van der Waals surface area contributed by atoms with Gasteiger partial charge in [0, 0.05) is 31.1 Å². The number of aromatic nitrogens is 1. The van der Waals surface area contributed by atoms with Crippen LogP contribution in [-0.2, 0) is 14.3 Å². The second kappa shape index (κ2) is 11.1. The van der Waals surface area contributed by atoms with Crippen LogP contribution in [0.4, 0.5) is 0 Å². The van der Waals surface area contributed by atoms with Crippen LogP contribution in [0.5, 0.6) is 5.75 Å². The normalized spacial score (nSPS) is 17.7. The van der Waals surface area contributed by atoms with E-state index in [1.807, 2.05) is 27.7 Å². The lowest BCUT2D eigenvalue weighted by molar-refractivity contribution is -0.140. The molecule has 1 aliphatic rings. The predicted molar refractivity (Wildman–Crippen MR) is 126 cm³/mol. The molecule has 1 fully saturated rings. The Bertz CT molecular complexity index is 1020. The van der Waals surface area contributed by atoms with Gasteiger partial charge in [-0.25, -0.2) is 0 Å². The Morgan fingerprint density at radius 2 is 1.88 bits per heavy atom. The number of aliphatic hydroxyl groups is 1. The zero-order valence-corrected chi connectivity index (χ0v) is 19.7. The fourth-order valence-corrected chi connectivity index (χ4v) is 3.88. The third-order valence-corrected chi connectivity index (χ3v) is 5.47. The molecule has 3 rings (SSSR count). The van der Waals surface area contributed by atoms with Crippen LogP contribution in [0.25, 0.3) is 5.76 Å². The SMILES string of the molecule is CCCOc1ccc(/C(O)=C2/C(=O)C(=O)N(CCCOC(C)C)C2c2ccncc2)cc1C. The summed E-state index contributed by atoms with van der Waals surface area (Å²) in [4.78, 5) is 31.6. The fourth-order valence-electron chi connectivity index (χ4n) is 3.88. The molecular formula is C26H32N2O5. The molecule has 1 aromatic carbocycles. The van der Waals surface area contributed by atoms with E-state index in [4.69, 9.17) is 9.47 Å². The summed E-state index contributed by atoms with van der Waals surface area (Å²) < 4.78 is 11.3. The molecule has 1 aromatic heterocycles. The van der Waals surface area contributed by atoms with E-state index in [2.05, 4.69) is 4.98 Å². The van der Waals surface area contributed by atoms with Crippen molar-refractivity contribution in [1.29, 1.82) is 0 Å². The Labute approximate surface area is 195 Å². The van der Waals surface area contributed by atoms with Gasteiger partial charge in [-0.3, -0.25) is 14.6 Å². The predicted octanol–water partition coefficient (Wildman–Crippen LogP) is 4.42. The minimum Gasteiger partial charge on any atom is -0.507 e. The average Bonchev–Trinajstić information content (AvgIpc) is 3.06. The number of rotatable bonds is 10. The number of hydrogen-bond donors (Lipinski definition) is 1. The highest BCUT2D eigenvalue weighted by molar-refractivity contribution is 6.46. The van der Waals surface area contributed by atoms with Gasteiger partial charge in [0.05, 0.1) is 24.3 Å². The molecule has 1 N–H and O–H groups in total. The van der Waals surface area contributed by atoms with Crippen LogP contribution in [-0.4, -0.2) is 52.5 Å². The van der Waals surface area contributed by atoms with Gasteiger partial charge in [0.2, 0.25) is 0 Å². The molecular weight excluding hydrogens is 420 g/mol. The molecule has 1 aliphatic heterocycles. The first-order chi connectivity index (χ1) is 15.8. The smallest absolute Gasteiger partial charge is 0.295 e. The van der Waals surface area contributed by atoms with Gasteiger partial charge in [-0.05, 0) is 75.1 Å². The van der Waals surface area contributed by atoms with Crippen molar-refractivity contribution in [3.63, 3.8) is 0 Å². The third kappa shape index (κ3) is 5.60. The summed E-state index contributed by atoms with van der Waals surface area (Å²) in [5.74, 6) is -0.781. The first-order valence-electron chi connectivity index (χ1n) is 11.4. The van der Waals surface area contributed by atoms with E-state index < -0.39 is 17.7 Å². The Morgan fingerprint density at radius 3 is 2.52 bits per heavy atom. The second-order valence-electron chi connectivity index (χ2n) is 8.37. The number of ketones is 1. The highest BCUT2D eigenvalue weighted by Gasteiger charge is 2.45. The summed E-state index contributed by atoms with van der Waals surface area (Å²) >= 11 is 0. The summed E-state index contributed by atoms with van der Waals surface area (Å²) in [5, 5.41) is 11.2. The summed E-state index contributed by atoms with van der Waals surface area (Å²) in [6.07, 6.45) is 4.78. The number of hydrogen-bond acceptors (Lipinski definition) is 6. The van der Waals surface area contributed by atoms with E-state index in [0.717, 1.165) is 23.3 Å². The van der Waals surface area contributed by atoms with Crippen molar-refractivity contribution < 1.29 is 24.2 Å². The van der Waals surface area contributed by atoms with Gasteiger partial charge in [0.1, 0.15) is 11.5 Å². The molecule has 176 valence electrons. The zero-order chi connectivity index (χ0) is 24.0. The van der Waals surface area contributed by atoms with E-state index in [1.165, 1.54) is 4.90 Å². The number of amides is 1. The standard InChI is InChI=1S/C26H32N2O5/c1-5-14-33-21-8-7-20(16-18(21)4)24(29)22-23(19-9-11-27-12-10-19)28(26(31)25(22)30)13-6-15-32-17(2)3/h7-12,16-17,23,29H,5-6,13-15H2,1-4H3/b24-22-. The van der Waals surface area contributed by atoms with Gasteiger partial charge in [-0.2, -0.15) is 0 Å². The number of nitrogens with zero attached hydrogens (tertiary/aromatic N) is 2. The number of aryl methyl sites for hydroxylation is 1. The number of benzene rings is 1. The lowest BCUT2D eigenvalue weighted by Crippen LogP contribution is -2.31. The summed E-state index contributed by atoms with van der Waals surface area (Å²) in [7, 11) is 0. The van der Waals surface area contributed by atoms with Crippen molar-refractivity contribution >= 4 is 17.4 Å². The van der Waals surface area contributed by atoms with Crippen molar-refractivity contribution in [1.82, 2.24) is 9.88 Å². The van der Waals surface area contributed by atoms with Gasteiger partial charge in [-0.1, -0.05) is 6.92 Å². The number of likely N-dealkylation sites (tertiary alicyclic amines) is 1. The maximum Gasteiger partial charge on any atom is 0.295 e. The Hall–Kier alpha value is -3.19. The van der Waals surface area contributed by atoms with Gasteiger partial charge in [-0.15, -0.1) is 0 Å². The minimum atomic E-state index is -0.692.